The van der Waals surface area contributed by atoms with Gasteiger partial charge >= 0.3 is 0 Å². The number of hydrogen-bond acceptors (Lipinski definition) is 3. The summed E-state index contributed by atoms with van der Waals surface area (Å²) in [5.41, 5.74) is 2.39. The fourth-order valence-corrected chi connectivity index (χ4v) is 2.06. The molecule has 0 spiro atoms. The maximum atomic E-state index is 12.1. The second-order valence-corrected chi connectivity index (χ2v) is 4.78. The van der Waals surface area contributed by atoms with Gasteiger partial charge in [0.2, 0.25) is 0 Å². The lowest BCUT2D eigenvalue weighted by Crippen LogP contribution is -2.23. The second kappa shape index (κ2) is 4.49. The average molecular weight is 234 g/mol. The summed E-state index contributed by atoms with van der Waals surface area (Å²) in [6.45, 7) is 3.77. The predicted molar refractivity (Wildman–Crippen MR) is 65.5 cm³/mol. The monoisotopic (exact) mass is 234 g/mol. The first-order chi connectivity index (χ1) is 8.04. The first kappa shape index (κ1) is 12.1. The summed E-state index contributed by atoms with van der Waals surface area (Å²) in [6.07, 6.45) is 1.09. The molecule has 17 heavy (non-hydrogen) atoms. The maximum Gasteiger partial charge on any atom is 0.191 e. The van der Waals surface area contributed by atoms with Gasteiger partial charge in [-0.25, -0.2) is 0 Å². The Morgan fingerprint density at radius 3 is 2.53 bits per heavy atom. The Morgan fingerprint density at radius 2 is 2.00 bits per heavy atom. The van der Waals surface area contributed by atoms with Gasteiger partial charge in [0.25, 0.3) is 0 Å². The van der Waals surface area contributed by atoms with E-state index in [2.05, 4.69) is 0 Å². The summed E-state index contributed by atoms with van der Waals surface area (Å²) in [4.78, 5) is 12.1. The topological polar surface area (TPSA) is 46.5 Å². The molecular weight excluding hydrogens is 216 g/mol. The Labute approximate surface area is 101 Å². The highest BCUT2D eigenvalue weighted by atomic mass is 16.5. The van der Waals surface area contributed by atoms with Gasteiger partial charge in [0.15, 0.2) is 5.78 Å². The molecule has 1 atom stereocenters. The highest BCUT2D eigenvalue weighted by molar-refractivity contribution is 6.01. The summed E-state index contributed by atoms with van der Waals surface area (Å²) in [5, 5.41) is 9.87. The van der Waals surface area contributed by atoms with Crippen LogP contribution in [0.5, 0.6) is 5.75 Å². The molecular formula is C14H18O3. The van der Waals surface area contributed by atoms with Gasteiger partial charge in [-0.1, -0.05) is 0 Å². The smallest absolute Gasteiger partial charge is 0.191 e. The summed E-state index contributed by atoms with van der Waals surface area (Å²) >= 11 is 0. The van der Waals surface area contributed by atoms with E-state index in [9.17, 15) is 9.90 Å². The molecule has 0 heterocycles. The number of hydrogen-bond donors (Lipinski definition) is 1. The van der Waals surface area contributed by atoms with Gasteiger partial charge in [0.1, 0.15) is 11.9 Å². The summed E-state index contributed by atoms with van der Waals surface area (Å²) in [5.74, 6) is 0.792. The van der Waals surface area contributed by atoms with E-state index in [1.807, 2.05) is 26.0 Å². The molecule has 0 saturated heterocycles. The number of Topliss-reactive ketones (excluding diaryl/α,β-unsaturated/α-hetero) is 1. The van der Waals surface area contributed by atoms with Crippen molar-refractivity contribution >= 4 is 5.78 Å². The van der Waals surface area contributed by atoms with E-state index in [0.29, 0.717) is 5.56 Å². The molecule has 1 aliphatic rings. The molecule has 92 valence electrons. The van der Waals surface area contributed by atoms with E-state index in [1.165, 1.54) is 0 Å². The predicted octanol–water partition coefficient (Wildman–Crippen LogP) is 2.27. The normalized spacial score (nSPS) is 16.7. The van der Waals surface area contributed by atoms with E-state index in [-0.39, 0.29) is 11.7 Å². The van der Waals surface area contributed by atoms with Gasteiger partial charge in [-0.2, -0.15) is 0 Å². The zero-order chi connectivity index (χ0) is 12.6. The molecule has 1 saturated carbocycles. The van der Waals surface area contributed by atoms with E-state index >= 15 is 0 Å². The Bertz CT molecular complexity index is 447. The van der Waals surface area contributed by atoms with Crippen molar-refractivity contribution in [2.24, 2.45) is 5.92 Å². The van der Waals surface area contributed by atoms with Crippen molar-refractivity contribution in [1.82, 2.24) is 0 Å². The zero-order valence-electron chi connectivity index (χ0n) is 10.5. The maximum absolute atomic E-state index is 12.1. The van der Waals surface area contributed by atoms with Crippen LogP contribution in [0.2, 0.25) is 0 Å². The number of aryl methyl sites for hydroxylation is 2. The largest absolute Gasteiger partial charge is 0.496 e. The van der Waals surface area contributed by atoms with Gasteiger partial charge < -0.3 is 9.84 Å². The summed E-state index contributed by atoms with van der Waals surface area (Å²) < 4.78 is 5.21. The van der Waals surface area contributed by atoms with Crippen molar-refractivity contribution in [3.63, 3.8) is 0 Å². The molecule has 0 radical (unpaired) electrons. The van der Waals surface area contributed by atoms with Crippen LogP contribution >= 0.6 is 0 Å². The fourth-order valence-electron chi connectivity index (χ4n) is 2.06. The van der Waals surface area contributed by atoms with Crippen LogP contribution in [0.4, 0.5) is 0 Å². The van der Waals surface area contributed by atoms with E-state index in [1.54, 1.807) is 7.11 Å². The van der Waals surface area contributed by atoms with Gasteiger partial charge in [-0.05, 0) is 55.9 Å². The van der Waals surface area contributed by atoms with Crippen molar-refractivity contribution in [2.75, 3.05) is 7.11 Å². The molecule has 1 aromatic carbocycles. The zero-order valence-corrected chi connectivity index (χ0v) is 10.5. The van der Waals surface area contributed by atoms with Gasteiger partial charge in [-0.15, -0.1) is 0 Å². The van der Waals surface area contributed by atoms with Crippen molar-refractivity contribution < 1.29 is 14.6 Å². The van der Waals surface area contributed by atoms with Crippen molar-refractivity contribution in [2.45, 2.75) is 32.8 Å². The number of ether oxygens (including phenoxy) is 1. The number of ketones is 1. The number of rotatable bonds is 4. The Hall–Kier alpha value is -1.35. The Morgan fingerprint density at radius 1 is 1.35 bits per heavy atom. The van der Waals surface area contributed by atoms with Gasteiger partial charge in [-0.3, -0.25) is 4.79 Å². The van der Waals surface area contributed by atoms with Crippen molar-refractivity contribution in [3.05, 3.63) is 28.8 Å². The number of aliphatic hydroxyl groups is 1. The number of carbonyl (C=O) groups excluding carboxylic acids is 1. The Balaban J connectivity index is 2.31. The van der Waals surface area contributed by atoms with Gasteiger partial charge in [0, 0.05) is 5.56 Å². The van der Waals surface area contributed by atoms with E-state index in [0.717, 1.165) is 29.7 Å². The molecule has 1 N–H and O–H groups in total. The molecule has 1 unspecified atom stereocenters. The molecule has 0 bridgehead atoms. The highest BCUT2D eigenvalue weighted by Crippen LogP contribution is 2.35. The van der Waals surface area contributed by atoms with E-state index < -0.39 is 6.10 Å². The van der Waals surface area contributed by atoms with E-state index in [4.69, 9.17) is 4.74 Å². The lowest BCUT2D eigenvalue weighted by molar-refractivity contribution is 0.0703. The third kappa shape index (κ3) is 2.34. The molecule has 1 fully saturated rings. The van der Waals surface area contributed by atoms with Crippen LogP contribution in [0.1, 0.15) is 34.3 Å². The SMILES string of the molecule is COc1cc(C)c(C(=O)C(O)C2CC2)cc1C. The van der Waals surface area contributed by atoms with Crippen LogP contribution in [0, 0.1) is 19.8 Å². The quantitative estimate of drug-likeness (QED) is 0.813. The average Bonchev–Trinajstić information content (AvgIpc) is 3.13. The first-order valence-corrected chi connectivity index (χ1v) is 5.92. The number of benzene rings is 1. The minimum absolute atomic E-state index is 0.157. The number of methoxy groups -OCH3 is 1. The van der Waals surface area contributed by atoms with Crippen molar-refractivity contribution in [3.8, 4) is 5.75 Å². The lowest BCUT2D eigenvalue weighted by Gasteiger charge is -2.13. The lowest BCUT2D eigenvalue weighted by atomic mass is 9.96. The van der Waals surface area contributed by atoms with Crippen LogP contribution in [0.15, 0.2) is 12.1 Å². The summed E-state index contributed by atoms with van der Waals surface area (Å²) in [7, 11) is 1.61. The molecule has 2 rings (SSSR count). The molecule has 1 aliphatic carbocycles. The van der Waals surface area contributed by atoms with Gasteiger partial charge in [0.05, 0.1) is 7.11 Å². The molecule has 0 aliphatic heterocycles. The Kier molecular flexibility index (Phi) is 3.20. The summed E-state index contributed by atoms with van der Waals surface area (Å²) in [6, 6.07) is 3.66. The molecule has 3 heteroatoms. The first-order valence-electron chi connectivity index (χ1n) is 5.92. The minimum atomic E-state index is -0.832. The van der Waals surface area contributed by atoms with Crippen LogP contribution < -0.4 is 4.74 Å². The third-order valence-electron chi connectivity index (χ3n) is 3.34. The third-order valence-corrected chi connectivity index (χ3v) is 3.34. The van der Waals surface area contributed by atoms with Crippen molar-refractivity contribution in [1.29, 1.82) is 0 Å². The molecule has 1 aromatic rings. The van der Waals surface area contributed by atoms with Crippen LogP contribution in [-0.4, -0.2) is 24.1 Å². The van der Waals surface area contributed by atoms with Crippen LogP contribution in [0.3, 0.4) is 0 Å². The van der Waals surface area contributed by atoms with Crippen LogP contribution in [0.25, 0.3) is 0 Å². The standard InChI is InChI=1S/C14H18O3/c1-8-7-12(17-3)9(2)6-11(8)14(16)13(15)10-4-5-10/h6-7,10,13,15H,4-5H2,1-3H3. The second-order valence-electron chi connectivity index (χ2n) is 4.78. The van der Waals surface area contributed by atoms with Crippen LogP contribution in [-0.2, 0) is 0 Å². The minimum Gasteiger partial charge on any atom is -0.496 e. The number of carbonyl (C=O) groups is 1. The highest BCUT2D eigenvalue weighted by Gasteiger charge is 2.35. The molecule has 0 amide bonds. The molecule has 0 aromatic heterocycles. The fraction of sp³-hybridized carbons (Fsp3) is 0.500. The number of aliphatic hydroxyl groups excluding tert-OH is 1. The molecule has 3 nitrogen and oxygen atoms in total.